The highest BCUT2D eigenvalue weighted by atomic mass is 16.5. The summed E-state index contributed by atoms with van der Waals surface area (Å²) < 4.78 is 4.93. The molecular weight excluding hydrogens is 264 g/mol. The molecule has 0 unspecified atom stereocenters. The lowest BCUT2D eigenvalue weighted by Crippen LogP contribution is -2.18. The van der Waals surface area contributed by atoms with Crippen molar-refractivity contribution < 1.29 is 4.74 Å². The van der Waals surface area contributed by atoms with E-state index in [0.29, 0.717) is 36.0 Å². The Kier molecular flexibility index (Phi) is 8.57. The third kappa shape index (κ3) is 6.14. The molecule has 0 aliphatic rings. The molecule has 0 rings (SSSR count). The third-order valence-electron chi connectivity index (χ3n) is 2.87. The van der Waals surface area contributed by atoms with Crippen LogP contribution in [0, 0.1) is 0 Å². The van der Waals surface area contributed by atoms with Gasteiger partial charge in [-0.1, -0.05) is 25.3 Å². The Hall–Kier alpha value is -2.27. The molecule has 0 radical (unpaired) electrons. The number of hydrogen-bond donors (Lipinski definition) is 3. The fraction of sp³-hybridized carbons (Fsp3) is 0.312. The van der Waals surface area contributed by atoms with E-state index in [4.69, 9.17) is 21.9 Å². The number of aliphatic imine (C=N–C) groups is 1. The van der Waals surface area contributed by atoms with Crippen molar-refractivity contribution in [3.8, 4) is 0 Å². The smallest absolute Gasteiger partial charge is 0.121 e. The van der Waals surface area contributed by atoms with Crippen molar-refractivity contribution in [2.75, 3.05) is 20.3 Å². The highest BCUT2D eigenvalue weighted by Gasteiger charge is 2.07. The second-order valence-corrected chi connectivity index (χ2v) is 4.37. The van der Waals surface area contributed by atoms with Crippen LogP contribution in [-0.4, -0.2) is 26.1 Å². The van der Waals surface area contributed by atoms with Crippen LogP contribution in [0.3, 0.4) is 0 Å². The zero-order valence-corrected chi connectivity index (χ0v) is 13.1. The molecule has 0 saturated heterocycles. The fourth-order valence-corrected chi connectivity index (χ4v) is 1.61. The van der Waals surface area contributed by atoms with Crippen molar-refractivity contribution in [1.82, 2.24) is 0 Å². The van der Waals surface area contributed by atoms with E-state index < -0.39 is 0 Å². The lowest BCUT2D eigenvalue weighted by atomic mass is 10.0. The Bertz CT molecular complexity index is 510. The van der Waals surface area contributed by atoms with Gasteiger partial charge in [0.1, 0.15) is 5.84 Å². The minimum atomic E-state index is 0.409. The van der Waals surface area contributed by atoms with Crippen LogP contribution in [-0.2, 0) is 4.74 Å². The first kappa shape index (κ1) is 18.7. The topological polar surface area (TPSA) is 99.7 Å². The Morgan fingerprint density at radius 2 is 1.90 bits per heavy atom. The number of nitrogens with two attached hydrogens (primary N) is 3. The van der Waals surface area contributed by atoms with Crippen LogP contribution in [0.15, 0.2) is 64.5 Å². The molecule has 6 N–H and O–H groups in total. The molecule has 0 bridgehead atoms. The molecule has 0 aromatic carbocycles. The maximum atomic E-state index is 6.10. The van der Waals surface area contributed by atoms with E-state index in [1.165, 1.54) is 0 Å². The van der Waals surface area contributed by atoms with Crippen LogP contribution in [0.5, 0.6) is 0 Å². The molecule has 0 atom stereocenters. The molecule has 0 spiro atoms. The maximum Gasteiger partial charge on any atom is 0.121 e. The zero-order valence-electron chi connectivity index (χ0n) is 13.1. The molecule has 0 aliphatic heterocycles. The van der Waals surface area contributed by atoms with Crippen LogP contribution in [0.4, 0.5) is 0 Å². The van der Waals surface area contributed by atoms with Gasteiger partial charge in [-0.25, -0.2) is 0 Å². The lowest BCUT2D eigenvalue weighted by molar-refractivity contribution is 0.208. The predicted molar refractivity (Wildman–Crippen MR) is 90.6 cm³/mol. The van der Waals surface area contributed by atoms with Gasteiger partial charge in [0.2, 0.25) is 0 Å². The first-order valence-corrected chi connectivity index (χ1v) is 6.60. The van der Waals surface area contributed by atoms with E-state index in [2.05, 4.69) is 18.2 Å². The highest BCUT2D eigenvalue weighted by Crippen LogP contribution is 2.16. The summed E-state index contributed by atoms with van der Waals surface area (Å²) in [7, 11) is 1.61. The van der Waals surface area contributed by atoms with Gasteiger partial charge in [0.15, 0.2) is 0 Å². The minimum Gasteiger partial charge on any atom is -0.399 e. The summed E-state index contributed by atoms with van der Waals surface area (Å²) in [6.45, 7) is 12.2. The predicted octanol–water partition coefficient (Wildman–Crippen LogP) is 1.75. The van der Waals surface area contributed by atoms with E-state index in [1.54, 1.807) is 19.3 Å². The molecule has 5 heteroatoms. The van der Waals surface area contributed by atoms with Crippen molar-refractivity contribution in [3.63, 3.8) is 0 Å². The molecule has 21 heavy (non-hydrogen) atoms. The molecule has 0 amide bonds. The second kappa shape index (κ2) is 9.61. The van der Waals surface area contributed by atoms with Gasteiger partial charge >= 0.3 is 0 Å². The largest absolute Gasteiger partial charge is 0.399 e. The number of amidine groups is 1. The van der Waals surface area contributed by atoms with E-state index in [1.807, 2.05) is 19.9 Å². The number of hydrogen-bond acceptors (Lipinski definition) is 4. The van der Waals surface area contributed by atoms with Crippen LogP contribution in [0.1, 0.15) is 13.8 Å². The van der Waals surface area contributed by atoms with Crippen molar-refractivity contribution >= 4 is 5.84 Å². The average Bonchev–Trinajstić information content (AvgIpc) is 2.45. The SMILES string of the molecule is C=CC(/C(N)=C\C(=CC)C(=C)N)=C(/C)C(N)=NCCOC. The molecule has 0 heterocycles. The number of allylic oxidation sites excluding steroid dienone is 3. The normalized spacial score (nSPS) is 14.7. The molecular formula is C16H26N4O. The number of rotatable bonds is 8. The maximum absolute atomic E-state index is 6.10. The van der Waals surface area contributed by atoms with Crippen molar-refractivity contribution in [2.45, 2.75) is 13.8 Å². The number of nitrogens with zero attached hydrogens (tertiary/aromatic N) is 1. The number of ether oxygens (including phenoxy) is 1. The molecule has 0 aromatic rings. The summed E-state index contributed by atoms with van der Waals surface area (Å²) >= 11 is 0. The van der Waals surface area contributed by atoms with E-state index in [0.717, 1.165) is 11.1 Å². The Morgan fingerprint density at radius 3 is 2.33 bits per heavy atom. The second-order valence-electron chi connectivity index (χ2n) is 4.37. The zero-order chi connectivity index (χ0) is 16.4. The molecule has 0 fully saturated rings. The quantitative estimate of drug-likeness (QED) is 0.274. The average molecular weight is 290 g/mol. The standard InChI is InChI=1S/C16H26N4O/c1-6-13(12(4)17)10-15(18)14(7-2)11(3)16(19)20-8-9-21-5/h6-7,10H,2,4,8-9,17-18H2,1,3,5H3,(H2,19,20)/b13-6?,14-11+,15-10+. The Morgan fingerprint density at radius 1 is 1.29 bits per heavy atom. The van der Waals surface area contributed by atoms with Gasteiger partial charge in [0, 0.05) is 24.1 Å². The lowest BCUT2D eigenvalue weighted by Gasteiger charge is -2.10. The fourth-order valence-electron chi connectivity index (χ4n) is 1.61. The summed E-state index contributed by atoms with van der Waals surface area (Å²) in [6.07, 6.45) is 5.22. The first-order valence-electron chi connectivity index (χ1n) is 6.60. The molecule has 0 aromatic heterocycles. The van der Waals surface area contributed by atoms with Crippen LogP contribution >= 0.6 is 0 Å². The van der Waals surface area contributed by atoms with E-state index in [9.17, 15) is 0 Å². The monoisotopic (exact) mass is 290 g/mol. The van der Waals surface area contributed by atoms with Gasteiger partial charge in [-0.05, 0) is 31.1 Å². The van der Waals surface area contributed by atoms with Crippen molar-refractivity contribution in [2.24, 2.45) is 22.2 Å². The van der Waals surface area contributed by atoms with Gasteiger partial charge in [0.25, 0.3) is 0 Å². The van der Waals surface area contributed by atoms with Crippen molar-refractivity contribution in [1.29, 1.82) is 0 Å². The van der Waals surface area contributed by atoms with Gasteiger partial charge in [-0.15, -0.1) is 0 Å². The van der Waals surface area contributed by atoms with Crippen LogP contribution in [0.25, 0.3) is 0 Å². The number of methoxy groups -OCH3 is 1. The summed E-state index contributed by atoms with van der Waals surface area (Å²) in [4.78, 5) is 4.22. The summed E-state index contributed by atoms with van der Waals surface area (Å²) in [5, 5.41) is 0. The van der Waals surface area contributed by atoms with Gasteiger partial charge in [0.05, 0.1) is 13.2 Å². The van der Waals surface area contributed by atoms with Gasteiger partial charge in [-0.2, -0.15) is 0 Å². The highest BCUT2D eigenvalue weighted by molar-refractivity contribution is 5.98. The molecule has 116 valence electrons. The van der Waals surface area contributed by atoms with Crippen LogP contribution in [0.2, 0.25) is 0 Å². The molecule has 5 nitrogen and oxygen atoms in total. The Labute approximate surface area is 127 Å². The summed E-state index contributed by atoms with van der Waals surface area (Å²) in [5.74, 6) is 0.409. The summed E-state index contributed by atoms with van der Waals surface area (Å²) in [6, 6.07) is 0. The van der Waals surface area contributed by atoms with E-state index in [-0.39, 0.29) is 0 Å². The van der Waals surface area contributed by atoms with E-state index >= 15 is 0 Å². The van der Waals surface area contributed by atoms with Gasteiger partial charge < -0.3 is 21.9 Å². The third-order valence-corrected chi connectivity index (χ3v) is 2.87. The summed E-state index contributed by atoms with van der Waals surface area (Å²) in [5.41, 5.74) is 20.9. The van der Waals surface area contributed by atoms with Crippen molar-refractivity contribution in [3.05, 3.63) is 59.5 Å². The Balaban J connectivity index is 5.52. The van der Waals surface area contributed by atoms with Crippen LogP contribution < -0.4 is 17.2 Å². The minimum absolute atomic E-state index is 0.409. The first-order chi connectivity index (χ1) is 9.88. The molecule has 0 saturated carbocycles. The van der Waals surface area contributed by atoms with Gasteiger partial charge in [-0.3, -0.25) is 4.99 Å². The molecule has 0 aliphatic carbocycles.